The molecule has 0 spiro atoms. The number of imide groups is 1. The molecular weight excluding hydrogens is 386 g/mol. The molecule has 1 aliphatic heterocycles. The summed E-state index contributed by atoms with van der Waals surface area (Å²) < 4.78 is 0. The fourth-order valence-electron chi connectivity index (χ4n) is 2.85. The molecule has 2 atom stereocenters. The molecule has 174 valence electrons. The lowest BCUT2D eigenvalue weighted by atomic mass is 10.0. The van der Waals surface area contributed by atoms with Crippen molar-refractivity contribution in [1.29, 1.82) is 0 Å². The van der Waals surface area contributed by atoms with E-state index in [-0.39, 0.29) is 44.6 Å². The number of ketones is 1. The van der Waals surface area contributed by atoms with E-state index < -0.39 is 12.1 Å². The summed E-state index contributed by atoms with van der Waals surface area (Å²) in [6, 6.07) is -1.29. The number of unbranched alkanes of at least 4 members (excludes halogenated alkanes) is 2. The van der Waals surface area contributed by atoms with Crippen molar-refractivity contribution in [3.05, 3.63) is 12.2 Å². The van der Waals surface area contributed by atoms with Crippen molar-refractivity contribution in [2.24, 2.45) is 5.92 Å². The average molecular weight is 428 g/mol. The monoisotopic (exact) mass is 427 g/mol. The van der Waals surface area contributed by atoms with Gasteiger partial charge in [-0.05, 0) is 25.7 Å². The predicted octanol–water partition coefficient (Wildman–Crippen LogP) is 2.61. The molecule has 0 saturated carbocycles. The van der Waals surface area contributed by atoms with Crippen LogP contribution in [0.2, 0.25) is 0 Å². The lowest BCUT2D eigenvalue weighted by Crippen LogP contribution is -2.52. The summed E-state index contributed by atoms with van der Waals surface area (Å²) in [4.78, 5) is 60.3. The van der Waals surface area contributed by atoms with Gasteiger partial charge >= 0.3 is 0 Å². The maximum absolute atomic E-state index is 12.4. The molecular formula is C22H41N3O5. The zero-order valence-corrected chi connectivity index (χ0v) is 19.1. The van der Waals surface area contributed by atoms with Gasteiger partial charge in [0.25, 0.3) is 11.8 Å². The van der Waals surface area contributed by atoms with E-state index in [2.05, 4.69) is 10.6 Å². The SMILES string of the molecule is CC.CCC(=O)[C@H](C)NC(=O)[C@@H](NC(=O)CCCCCN1C(=O)C=CC1=O)C(C)C.[HH].[HH]. The van der Waals surface area contributed by atoms with E-state index in [1.54, 1.807) is 13.8 Å². The highest BCUT2D eigenvalue weighted by Gasteiger charge is 2.26. The number of rotatable bonds is 12. The Bertz CT molecular complexity index is 635. The van der Waals surface area contributed by atoms with Crippen LogP contribution in [0, 0.1) is 5.92 Å². The number of carbonyl (C=O) groups is 5. The number of Topliss-reactive ketones (excluding diaryl/α,β-unsaturated/α-hetero) is 1. The van der Waals surface area contributed by atoms with Crippen LogP contribution < -0.4 is 10.6 Å². The first kappa shape index (κ1) is 27.5. The number of hydrogen-bond donors (Lipinski definition) is 2. The van der Waals surface area contributed by atoms with Crippen molar-refractivity contribution in [2.75, 3.05) is 6.54 Å². The molecule has 0 aromatic heterocycles. The molecule has 0 radical (unpaired) electrons. The zero-order chi connectivity index (χ0) is 23.3. The molecule has 0 saturated heterocycles. The maximum atomic E-state index is 12.4. The minimum Gasteiger partial charge on any atom is -0.345 e. The smallest absolute Gasteiger partial charge is 0.253 e. The number of amides is 4. The third-order valence-electron chi connectivity index (χ3n) is 4.64. The first-order chi connectivity index (χ1) is 14.2. The number of nitrogens with one attached hydrogen (secondary N) is 2. The van der Waals surface area contributed by atoms with Crippen molar-refractivity contribution >= 4 is 29.4 Å². The second-order valence-electron chi connectivity index (χ2n) is 7.31. The molecule has 0 aromatic carbocycles. The van der Waals surface area contributed by atoms with Crippen molar-refractivity contribution in [3.8, 4) is 0 Å². The zero-order valence-electron chi connectivity index (χ0n) is 19.1. The Morgan fingerprint density at radius 2 is 1.53 bits per heavy atom. The van der Waals surface area contributed by atoms with E-state index in [1.807, 2.05) is 27.7 Å². The van der Waals surface area contributed by atoms with E-state index >= 15 is 0 Å². The largest absolute Gasteiger partial charge is 0.345 e. The minimum atomic E-state index is -0.703. The van der Waals surface area contributed by atoms with Gasteiger partial charge in [0.15, 0.2) is 5.78 Å². The Morgan fingerprint density at radius 3 is 2.03 bits per heavy atom. The Labute approximate surface area is 182 Å². The van der Waals surface area contributed by atoms with Gasteiger partial charge in [0.05, 0.1) is 6.04 Å². The Hall–Kier alpha value is -2.51. The van der Waals surface area contributed by atoms with Gasteiger partial charge < -0.3 is 10.6 Å². The predicted molar refractivity (Wildman–Crippen MR) is 120 cm³/mol. The van der Waals surface area contributed by atoms with Gasteiger partial charge in [-0.1, -0.05) is 41.0 Å². The number of nitrogens with zero attached hydrogens (tertiary/aromatic N) is 1. The fraction of sp³-hybridized carbons (Fsp3) is 0.682. The number of carbonyl (C=O) groups excluding carboxylic acids is 5. The lowest BCUT2D eigenvalue weighted by Gasteiger charge is -2.23. The summed E-state index contributed by atoms with van der Waals surface area (Å²) in [6.45, 7) is 11.4. The quantitative estimate of drug-likeness (QED) is 0.367. The van der Waals surface area contributed by atoms with Gasteiger partial charge in [-0.2, -0.15) is 0 Å². The molecule has 0 bridgehead atoms. The average Bonchev–Trinajstić information content (AvgIpc) is 3.04. The maximum Gasteiger partial charge on any atom is 0.253 e. The van der Waals surface area contributed by atoms with Crippen LogP contribution >= 0.6 is 0 Å². The van der Waals surface area contributed by atoms with Crippen LogP contribution in [0.1, 0.15) is 76.5 Å². The second-order valence-corrected chi connectivity index (χ2v) is 7.31. The molecule has 8 nitrogen and oxygen atoms in total. The molecule has 0 fully saturated rings. The summed E-state index contributed by atoms with van der Waals surface area (Å²) in [5.74, 6) is -1.39. The van der Waals surface area contributed by atoms with Crippen LogP contribution in [0.3, 0.4) is 0 Å². The van der Waals surface area contributed by atoms with Crippen LogP contribution in [-0.4, -0.2) is 52.9 Å². The molecule has 2 N–H and O–H groups in total. The van der Waals surface area contributed by atoms with Crippen LogP contribution in [0.25, 0.3) is 0 Å². The highest BCUT2D eigenvalue weighted by Crippen LogP contribution is 2.09. The van der Waals surface area contributed by atoms with Crippen LogP contribution in [0.4, 0.5) is 0 Å². The first-order valence-corrected chi connectivity index (χ1v) is 10.8. The molecule has 0 aromatic rings. The molecule has 1 heterocycles. The third-order valence-corrected chi connectivity index (χ3v) is 4.64. The topological polar surface area (TPSA) is 113 Å². The molecule has 0 unspecified atom stereocenters. The van der Waals surface area contributed by atoms with Gasteiger partial charge in [0.1, 0.15) is 6.04 Å². The van der Waals surface area contributed by atoms with Gasteiger partial charge in [-0.15, -0.1) is 0 Å². The van der Waals surface area contributed by atoms with E-state index in [9.17, 15) is 24.0 Å². The Morgan fingerprint density at radius 1 is 0.967 bits per heavy atom. The van der Waals surface area contributed by atoms with E-state index in [0.29, 0.717) is 32.2 Å². The van der Waals surface area contributed by atoms with Gasteiger partial charge in [0, 0.05) is 34.4 Å². The summed E-state index contributed by atoms with van der Waals surface area (Å²) >= 11 is 0. The minimum absolute atomic E-state index is 0. The highest BCUT2D eigenvalue weighted by molar-refractivity contribution is 6.12. The summed E-state index contributed by atoms with van der Waals surface area (Å²) in [5, 5.41) is 5.39. The standard InChI is InChI=1S/C20H31N3O5.C2H6.2H2/c1-5-15(24)14(4)21-20(28)19(13(2)3)22-16(25)9-7-6-8-12-23-17(26)10-11-18(23)27;1-2;;/h10-11,13-14,19H,5-9,12H2,1-4H3,(H,21,28)(H,22,25);1-2H3;2*1H/t14-,19-;;;/m0.../s1. The Balaban J connectivity index is -0.00000204. The molecule has 1 aliphatic rings. The first-order valence-electron chi connectivity index (χ1n) is 10.8. The lowest BCUT2D eigenvalue weighted by molar-refractivity contribution is -0.137. The Kier molecular flexibility index (Phi) is 13.3. The van der Waals surface area contributed by atoms with Crippen molar-refractivity contribution in [2.45, 2.75) is 85.7 Å². The third kappa shape index (κ3) is 9.33. The van der Waals surface area contributed by atoms with Crippen LogP contribution in [0.15, 0.2) is 12.2 Å². The van der Waals surface area contributed by atoms with E-state index in [1.165, 1.54) is 17.1 Å². The van der Waals surface area contributed by atoms with Gasteiger partial charge in [-0.3, -0.25) is 28.9 Å². The van der Waals surface area contributed by atoms with Crippen molar-refractivity contribution < 1.29 is 26.8 Å². The fourth-order valence-corrected chi connectivity index (χ4v) is 2.85. The summed E-state index contributed by atoms with van der Waals surface area (Å²) in [5.41, 5.74) is 0. The summed E-state index contributed by atoms with van der Waals surface area (Å²) in [7, 11) is 0. The van der Waals surface area contributed by atoms with Crippen LogP contribution in [-0.2, 0) is 24.0 Å². The molecule has 8 heteroatoms. The molecule has 30 heavy (non-hydrogen) atoms. The summed E-state index contributed by atoms with van der Waals surface area (Å²) in [6.07, 6.45) is 4.99. The van der Waals surface area contributed by atoms with E-state index in [0.717, 1.165) is 0 Å². The molecule has 0 aliphatic carbocycles. The van der Waals surface area contributed by atoms with Gasteiger partial charge in [0.2, 0.25) is 11.8 Å². The normalized spacial score (nSPS) is 14.8. The van der Waals surface area contributed by atoms with Crippen molar-refractivity contribution in [3.63, 3.8) is 0 Å². The van der Waals surface area contributed by atoms with Gasteiger partial charge in [-0.25, -0.2) is 0 Å². The van der Waals surface area contributed by atoms with Crippen LogP contribution in [0.5, 0.6) is 0 Å². The van der Waals surface area contributed by atoms with Crippen molar-refractivity contribution in [1.82, 2.24) is 15.5 Å². The number of hydrogen-bond acceptors (Lipinski definition) is 5. The molecule has 4 amide bonds. The van der Waals surface area contributed by atoms with E-state index in [4.69, 9.17) is 0 Å². The molecule has 1 rings (SSSR count). The second kappa shape index (κ2) is 14.5. The highest BCUT2D eigenvalue weighted by atomic mass is 16.2.